The van der Waals surface area contributed by atoms with Gasteiger partial charge in [-0.25, -0.2) is 4.39 Å². The molecule has 1 fully saturated rings. The van der Waals surface area contributed by atoms with Gasteiger partial charge in [0.05, 0.1) is 11.0 Å². The van der Waals surface area contributed by atoms with Crippen LogP contribution in [0, 0.1) is 21.8 Å². The van der Waals surface area contributed by atoms with Crippen LogP contribution in [-0.4, -0.2) is 31.1 Å². The first-order chi connectivity index (χ1) is 9.61. The number of nitro benzene ring substituents is 1. The van der Waals surface area contributed by atoms with Crippen molar-refractivity contribution in [2.75, 3.05) is 31.1 Å². The van der Waals surface area contributed by atoms with Crippen molar-refractivity contribution in [3.8, 4) is 0 Å². The molecule has 0 saturated carbocycles. The van der Waals surface area contributed by atoms with Gasteiger partial charge in [-0.3, -0.25) is 10.1 Å². The first-order valence-corrected chi connectivity index (χ1v) is 7.01. The number of benzene rings is 1. The standard InChI is InChI=1S/C14H20FN3O2/c1-2-17(10-11-4-3-7-16-9-11)13-6-5-12(15)8-14(13)18(19)20/h5-6,8,11,16H,2-4,7,9-10H2,1H3. The first kappa shape index (κ1) is 14.7. The van der Waals surface area contributed by atoms with Gasteiger partial charge in [0, 0.05) is 13.1 Å². The van der Waals surface area contributed by atoms with Crippen molar-refractivity contribution >= 4 is 11.4 Å². The van der Waals surface area contributed by atoms with Gasteiger partial charge >= 0.3 is 0 Å². The molecule has 1 N–H and O–H groups in total. The van der Waals surface area contributed by atoms with E-state index in [2.05, 4.69) is 5.32 Å². The Labute approximate surface area is 117 Å². The largest absolute Gasteiger partial charge is 0.366 e. The van der Waals surface area contributed by atoms with E-state index in [4.69, 9.17) is 0 Å². The lowest BCUT2D eigenvalue weighted by Crippen LogP contribution is -2.38. The fourth-order valence-electron chi connectivity index (χ4n) is 2.70. The fourth-order valence-corrected chi connectivity index (χ4v) is 2.70. The zero-order valence-electron chi connectivity index (χ0n) is 11.6. The lowest BCUT2D eigenvalue weighted by atomic mass is 9.98. The lowest BCUT2D eigenvalue weighted by Gasteiger charge is -2.30. The second-order valence-electron chi connectivity index (χ2n) is 5.14. The molecule has 1 aromatic carbocycles. The van der Waals surface area contributed by atoms with Crippen LogP contribution in [0.2, 0.25) is 0 Å². The van der Waals surface area contributed by atoms with Crippen LogP contribution >= 0.6 is 0 Å². The molecule has 1 aliphatic heterocycles. The summed E-state index contributed by atoms with van der Waals surface area (Å²) in [5.41, 5.74) is 0.347. The second-order valence-corrected chi connectivity index (χ2v) is 5.14. The summed E-state index contributed by atoms with van der Waals surface area (Å²) < 4.78 is 13.2. The van der Waals surface area contributed by atoms with Gasteiger partial charge in [-0.1, -0.05) is 0 Å². The maximum atomic E-state index is 13.2. The van der Waals surface area contributed by atoms with Crippen LogP contribution in [0.3, 0.4) is 0 Å². The van der Waals surface area contributed by atoms with Gasteiger partial charge < -0.3 is 10.2 Å². The van der Waals surface area contributed by atoms with E-state index in [0.29, 0.717) is 18.2 Å². The number of hydrogen-bond acceptors (Lipinski definition) is 4. The maximum absolute atomic E-state index is 13.2. The van der Waals surface area contributed by atoms with Gasteiger partial charge in [-0.05, 0) is 50.9 Å². The Bertz CT molecular complexity index is 475. The van der Waals surface area contributed by atoms with E-state index < -0.39 is 10.7 Å². The quantitative estimate of drug-likeness (QED) is 0.665. The minimum absolute atomic E-state index is 0.157. The molecule has 2 rings (SSSR count). The molecule has 1 aliphatic rings. The van der Waals surface area contributed by atoms with E-state index in [0.717, 1.165) is 38.5 Å². The Morgan fingerprint density at radius 2 is 2.35 bits per heavy atom. The second kappa shape index (κ2) is 6.65. The normalized spacial score (nSPS) is 18.8. The predicted molar refractivity (Wildman–Crippen MR) is 76.5 cm³/mol. The third-order valence-corrected chi connectivity index (χ3v) is 3.73. The number of nitro groups is 1. The average Bonchev–Trinajstić information content (AvgIpc) is 2.46. The van der Waals surface area contributed by atoms with Crippen LogP contribution in [0.15, 0.2) is 18.2 Å². The van der Waals surface area contributed by atoms with E-state index in [9.17, 15) is 14.5 Å². The van der Waals surface area contributed by atoms with Crippen molar-refractivity contribution in [2.24, 2.45) is 5.92 Å². The molecule has 20 heavy (non-hydrogen) atoms. The van der Waals surface area contributed by atoms with E-state index in [1.165, 1.54) is 12.1 Å². The highest BCUT2D eigenvalue weighted by atomic mass is 19.1. The summed E-state index contributed by atoms with van der Waals surface area (Å²) in [6.45, 7) is 5.37. The molecule has 5 nitrogen and oxygen atoms in total. The minimum Gasteiger partial charge on any atom is -0.366 e. The number of halogens is 1. The van der Waals surface area contributed by atoms with Crippen LogP contribution in [0.25, 0.3) is 0 Å². The first-order valence-electron chi connectivity index (χ1n) is 7.01. The van der Waals surface area contributed by atoms with E-state index in [-0.39, 0.29) is 5.69 Å². The lowest BCUT2D eigenvalue weighted by molar-refractivity contribution is -0.384. The summed E-state index contributed by atoms with van der Waals surface area (Å²) in [6.07, 6.45) is 2.26. The Morgan fingerprint density at radius 1 is 1.55 bits per heavy atom. The van der Waals surface area contributed by atoms with Gasteiger partial charge in [-0.2, -0.15) is 0 Å². The molecule has 1 atom stereocenters. The van der Waals surface area contributed by atoms with Crippen LogP contribution in [0.5, 0.6) is 0 Å². The van der Waals surface area contributed by atoms with Gasteiger partial charge in [0.25, 0.3) is 5.69 Å². The van der Waals surface area contributed by atoms with Crippen molar-refractivity contribution in [1.82, 2.24) is 5.32 Å². The molecule has 0 radical (unpaired) electrons. The number of piperidine rings is 1. The monoisotopic (exact) mass is 281 g/mol. The zero-order valence-corrected chi connectivity index (χ0v) is 11.6. The smallest absolute Gasteiger partial charge is 0.295 e. The molecule has 0 bridgehead atoms. The Hall–Kier alpha value is -1.69. The van der Waals surface area contributed by atoms with Crippen LogP contribution in [0.1, 0.15) is 19.8 Å². The molecule has 0 amide bonds. The number of nitrogens with one attached hydrogen (secondary N) is 1. The summed E-state index contributed by atoms with van der Waals surface area (Å²) >= 11 is 0. The highest BCUT2D eigenvalue weighted by molar-refractivity contribution is 5.63. The van der Waals surface area contributed by atoms with Crippen LogP contribution in [0.4, 0.5) is 15.8 Å². The van der Waals surface area contributed by atoms with E-state index in [1.54, 1.807) is 0 Å². The third-order valence-electron chi connectivity index (χ3n) is 3.73. The molecule has 0 aromatic heterocycles. The number of anilines is 1. The molecular formula is C14H20FN3O2. The molecule has 0 aliphatic carbocycles. The predicted octanol–water partition coefficient (Wildman–Crippen LogP) is 2.56. The molecule has 1 aromatic rings. The Morgan fingerprint density at radius 3 is 2.95 bits per heavy atom. The summed E-state index contributed by atoms with van der Waals surface area (Å²) in [5.74, 6) is -0.0933. The van der Waals surface area contributed by atoms with Crippen molar-refractivity contribution in [2.45, 2.75) is 19.8 Å². The van der Waals surface area contributed by atoms with E-state index >= 15 is 0 Å². The molecule has 1 saturated heterocycles. The molecule has 1 heterocycles. The number of hydrogen-bond donors (Lipinski definition) is 1. The molecule has 1 unspecified atom stereocenters. The van der Waals surface area contributed by atoms with Gasteiger partial charge in [0.15, 0.2) is 0 Å². The zero-order chi connectivity index (χ0) is 14.5. The molecule has 0 spiro atoms. The van der Waals surface area contributed by atoms with E-state index in [1.807, 2.05) is 11.8 Å². The van der Waals surface area contributed by atoms with Gasteiger partial charge in [-0.15, -0.1) is 0 Å². The SMILES string of the molecule is CCN(CC1CCCNC1)c1ccc(F)cc1[N+](=O)[O-]. The summed E-state index contributed by atoms with van der Waals surface area (Å²) in [5, 5.41) is 14.4. The van der Waals surface area contributed by atoms with Crippen molar-refractivity contribution in [3.05, 3.63) is 34.1 Å². The Balaban J connectivity index is 2.19. The van der Waals surface area contributed by atoms with Gasteiger partial charge in [0.2, 0.25) is 0 Å². The Kier molecular flexibility index (Phi) is 4.89. The number of nitrogens with zero attached hydrogens (tertiary/aromatic N) is 2. The summed E-state index contributed by atoms with van der Waals surface area (Å²) in [6, 6.07) is 3.79. The van der Waals surface area contributed by atoms with Gasteiger partial charge in [0.1, 0.15) is 11.5 Å². The fraction of sp³-hybridized carbons (Fsp3) is 0.571. The minimum atomic E-state index is -0.573. The third kappa shape index (κ3) is 3.45. The van der Waals surface area contributed by atoms with Crippen LogP contribution < -0.4 is 10.2 Å². The highest BCUT2D eigenvalue weighted by Crippen LogP contribution is 2.30. The van der Waals surface area contributed by atoms with Crippen molar-refractivity contribution < 1.29 is 9.31 Å². The molecule has 6 heteroatoms. The van der Waals surface area contributed by atoms with Crippen molar-refractivity contribution in [1.29, 1.82) is 0 Å². The number of rotatable bonds is 5. The summed E-state index contributed by atoms with van der Waals surface area (Å²) in [7, 11) is 0. The summed E-state index contributed by atoms with van der Waals surface area (Å²) in [4.78, 5) is 12.5. The molecule has 110 valence electrons. The van der Waals surface area contributed by atoms with Crippen molar-refractivity contribution in [3.63, 3.8) is 0 Å². The van der Waals surface area contributed by atoms with Crippen LogP contribution in [-0.2, 0) is 0 Å². The highest BCUT2D eigenvalue weighted by Gasteiger charge is 2.22. The topological polar surface area (TPSA) is 58.4 Å². The maximum Gasteiger partial charge on any atom is 0.295 e. The molecular weight excluding hydrogens is 261 g/mol. The average molecular weight is 281 g/mol.